The summed E-state index contributed by atoms with van der Waals surface area (Å²) in [4.78, 5) is 25.8. The van der Waals surface area contributed by atoms with E-state index in [-0.39, 0.29) is 16.8 Å². The fraction of sp³-hybridized carbons (Fsp3) is 0. The lowest BCUT2D eigenvalue weighted by molar-refractivity contribution is -0.385. The van der Waals surface area contributed by atoms with E-state index in [9.17, 15) is 14.9 Å². The standard InChI is InChI=1S/C14H9N5O3/c15-8-10-1-2-12(13(7-10)19(21)22)9-17-18-14(20)11-3-5-16-6-4-11/h1-7,9H,(H,18,20)/b17-9-. The molecule has 0 aliphatic heterocycles. The first kappa shape index (κ1) is 14.8. The van der Waals surface area contributed by atoms with Gasteiger partial charge in [-0.15, -0.1) is 0 Å². The molecule has 8 nitrogen and oxygen atoms in total. The second-order valence-electron chi connectivity index (χ2n) is 4.08. The SMILES string of the molecule is N#Cc1ccc(/C=N\NC(=O)c2ccncc2)c([N+](=O)[O-])c1. The van der Waals surface area contributed by atoms with Gasteiger partial charge in [0, 0.05) is 24.0 Å². The van der Waals surface area contributed by atoms with Crippen molar-refractivity contribution in [1.82, 2.24) is 10.4 Å². The molecule has 0 fully saturated rings. The van der Waals surface area contributed by atoms with Crippen LogP contribution in [0.25, 0.3) is 0 Å². The molecule has 0 saturated heterocycles. The van der Waals surface area contributed by atoms with E-state index in [1.165, 1.54) is 36.7 Å². The maximum atomic E-state index is 11.7. The molecule has 0 bridgehead atoms. The number of carbonyl (C=O) groups excluding carboxylic acids is 1. The topological polar surface area (TPSA) is 121 Å². The molecule has 1 aromatic heterocycles. The number of hydrogen-bond acceptors (Lipinski definition) is 6. The number of rotatable bonds is 4. The second-order valence-corrected chi connectivity index (χ2v) is 4.08. The summed E-state index contributed by atoms with van der Waals surface area (Å²) in [7, 11) is 0. The molecular weight excluding hydrogens is 286 g/mol. The fourth-order valence-corrected chi connectivity index (χ4v) is 1.61. The van der Waals surface area contributed by atoms with Gasteiger partial charge in [0.1, 0.15) is 0 Å². The molecule has 22 heavy (non-hydrogen) atoms. The molecule has 1 aromatic carbocycles. The van der Waals surface area contributed by atoms with Gasteiger partial charge in [-0.2, -0.15) is 10.4 Å². The van der Waals surface area contributed by atoms with Gasteiger partial charge >= 0.3 is 0 Å². The Labute approximate surface area is 124 Å². The summed E-state index contributed by atoms with van der Waals surface area (Å²) in [6.07, 6.45) is 4.08. The Morgan fingerprint density at radius 3 is 2.73 bits per heavy atom. The van der Waals surface area contributed by atoms with E-state index in [2.05, 4.69) is 15.5 Å². The molecule has 1 amide bonds. The number of nitrogens with zero attached hydrogens (tertiary/aromatic N) is 4. The number of nitro benzene ring substituents is 1. The lowest BCUT2D eigenvalue weighted by Crippen LogP contribution is -2.17. The maximum Gasteiger partial charge on any atom is 0.279 e. The average molecular weight is 295 g/mol. The van der Waals surface area contributed by atoms with Crippen LogP contribution in [0.2, 0.25) is 0 Å². The van der Waals surface area contributed by atoms with Gasteiger partial charge in [0.05, 0.1) is 28.3 Å². The van der Waals surface area contributed by atoms with Crippen LogP contribution in [0.1, 0.15) is 21.5 Å². The first-order valence-electron chi connectivity index (χ1n) is 6.04. The summed E-state index contributed by atoms with van der Waals surface area (Å²) in [6.45, 7) is 0. The van der Waals surface area contributed by atoms with E-state index in [0.717, 1.165) is 12.3 Å². The van der Waals surface area contributed by atoms with Crippen molar-refractivity contribution in [1.29, 1.82) is 5.26 Å². The van der Waals surface area contributed by atoms with Crippen molar-refractivity contribution in [2.24, 2.45) is 5.10 Å². The summed E-state index contributed by atoms with van der Waals surface area (Å²) >= 11 is 0. The zero-order valence-corrected chi connectivity index (χ0v) is 11.1. The van der Waals surface area contributed by atoms with Gasteiger partial charge in [-0.3, -0.25) is 19.9 Å². The van der Waals surface area contributed by atoms with Crippen LogP contribution < -0.4 is 5.43 Å². The Kier molecular flexibility index (Phi) is 4.52. The molecule has 2 aromatic rings. The Morgan fingerprint density at radius 1 is 1.36 bits per heavy atom. The van der Waals surface area contributed by atoms with Gasteiger partial charge in [0.25, 0.3) is 11.6 Å². The third-order valence-corrected chi connectivity index (χ3v) is 2.67. The number of nitriles is 1. The van der Waals surface area contributed by atoms with Gasteiger partial charge < -0.3 is 0 Å². The Morgan fingerprint density at radius 2 is 2.09 bits per heavy atom. The van der Waals surface area contributed by atoms with Gasteiger partial charge in [0.2, 0.25) is 0 Å². The van der Waals surface area contributed by atoms with Crippen molar-refractivity contribution in [3.63, 3.8) is 0 Å². The van der Waals surface area contributed by atoms with Crippen molar-refractivity contribution in [3.05, 3.63) is 69.5 Å². The second kappa shape index (κ2) is 6.71. The highest BCUT2D eigenvalue weighted by Crippen LogP contribution is 2.18. The van der Waals surface area contributed by atoms with Crippen molar-refractivity contribution in [2.45, 2.75) is 0 Å². The van der Waals surface area contributed by atoms with Crippen molar-refractivity contribution >= 4 is 17.8 Å². The number of aromatic nitrogens is 1. The van der Waals surface area contributed by atoms with Crippen molar-refractivity contribution in [3.8, 4) is 6.07 Å². The van der Waals surface area contributed by atoms with Crippen LogP contribution in [0.3, 0.4) is 0 Å². The quantitative estimate of drug-likeness (QED) is 0.522. The van der Waals surface area contributed by atoms with Gasteiger partial charge in [-0.1, -0.05) is 0 Å². The molecule has 0 aliphatic rings. The highest BCUT2D eigenvalue weighted by Gasteiger charge is 2.13. The average Bonchev–Trinajstić information content (AvgIpc) is 2.55. The molecule has 0 saturated carbocycles. The molecular formula is C14H9N5O3. The smallest absolute Gasteiger partial charge is 0.267 e. The Balaban J connectivity index is 2.15. The molecule has 0 spiro atoms. The minimum atomic E-state index is -0.618. The molecule has 0 aliphatic carbocycles. The monoisotopic (exact) mass is 295 g/mol. The van der Waals surface area contributed by atoms with E-state index in [1.54, 1.807) is 0 Å². The Hall–Kier alpha value is -3.60. The molecule has 8 heteroatoms. The zero-order chi connectivity index (χ0) is 15.9. The lowest BCUT2D eigenvalue weighted by atomic mass is 10.1. The predicted molar refractivity (Wildman–Crippen MR) is 77.1 cm³/mol. The predicted octanol–water partition coefficient (Wildman–Crippen LogP) is 1.63. The number of hydrazone groups is 1. The van der Waals surface area contributed by atoms with Crippen LogP contribution in [-0.2, 0) is 0 Å². The molecule has 1 heterocycles. The molecule has 1 N–H and O–H groups in total. The lowest BCUT2D eigenvalue weighted by Gasteiger charge is -2.00. The molecule has 108 valence electrons. The maximum absolute atomic E-state index is 11.7. The number of pyridine rings is 1. The minimum Gasteiger partial charge on any atom is -0.267 e. The highest BCUT2D eigenvalue weighted by molar-refractivity contribution is 5.95. The number of nitrogens with one attached hydrogen (secondary N) is 1. The van der Waals surface area contributed by atoms with E-state index < -0.39 is 10.8 Å². The van der Waals surface area contributed by atoms with Gasteiger partial charge in [0.15, 0.2) is 0 Å². The van der Waals surface area contributed by atoms with Crippen LogP contribution >= 0.6 is 0 Å². The summed E-state index contributed by atoms with van der Waals surface area (Å²) in [5.41, 5.74) is 2.71. The van der Waals surface area contributed by atoms with E-state index in [4.69, 9.17) is 5.26 Å². The zero-order valence-electron chi connectivity index (χ0n) is 11.1. The summed E-state index contributed by atoms with van der Waals surface area (Å²) in [5.74, 6) is -0.463. The van der Waals surface area contributed by atoms with Gasteiger partial charge in [-0.05, 0) is 24.3 Å². The first-order chi connectivity index (χ1) is 10.6. The summed E-state index contributed by atoms with van der Waals surface area (Å²) in [6, 6.07) is 8.80. The van der Waals surface area contributed by atoms with Crippen LogP contribution in [0.4, 0.5) is 5.69 Å². The third-order valence-electron chi connectivity index (χ3n) is 2.67. The number of carbonyl (C=O) groups is 1. The number of benzene rings is 1. The van der Waals surface area contributed by atoms with Crippen LogP contribution in [0, 0.1) is 21.4 Å². The molecule has 0 atom stereocenters. The number of amides is 1. The highest BCUT2D eigenvalue weighted by atomic mass is 16.6. The molecule has 2 rings (SSSR count). The van der Waals surface area contributed by atoms with Crippen LogP contribution in [0.5, 0.6) is 0 Å². The van der Waals surface area contributed by atoms with E-state index in [1.807, 2.05) is 6.07 Å². The van der Waals surface area contributed by atoms with Crippen LogP contribution in [0.15, 0.2) is 47.8 Å². The van der Waals surface area contributed by atoms with Crippen LogP contribution in [-0.4, -0.2) is 22.0 Å². The number of nitro groups is 1. The third kappa shape index (κ3) is 3.49. The largest absolute Gasteiger partial charge is 0.279 e. The molecule has 0 radical (unpaired) electrons. The summed E-state index contributed by atoms with van der Waals surface area (Å²) < 4.78 is 0. The van der Waals surface area contributed by atoms with Crippen molar-refractivity contribution in [2.75, 3.05) is 0 Å². The number of hydrogen-bond donors (Lipinski definition) is 1. The van der Waals surface area contributed by atoms with E-state index >= 15 is 0 Å². The van der Waals surface area contributed by atoms with Gasteiger partial charge in [-0.25, -0.2) is 5.43 Å². The van der Waals surface area contributed by atoms with Crippen molar-refractivity contribution < 1.29 is 9.72 Å². The fourth-order valence-electron chi connectivity index (χ4n) is 1.61. The summed E-state index contributed by atoms with van der Waals surface area (Å²) in [5, 5.41) is 23.4. The minimum absolute atomic E-state index is 0.171. The normalized spacial score (nSPS) is 10.1. The molecule has 0 unspecified atom stereocenters. The van der Waals surface area contributed by atoms with E-state index in [0.29, 0.717) is 5.56 Å². The first-order valence-corrected chi connectivity index (χ1v) is 6.04. The Bertz CT molecular complexity index is 781.